The molecule has 0 atom stereocenters. The van der Waals surface area contributed by atoms with Gasteiger partial charge in [-0.05, 0) is 40.8 Å². The number of nitrogens with one attached hydrogen (secondary N) is 1. The smallest absolute Gasteiger partial charge is 0.160 e. The van der Waals surface area contributed by atoms with E-state index in [1.54, 1.807) is 14.2 Å². The number of aliphatic imine (C=N–C) groups is 1. The van der Waals surface area contributed by atoms with Crippen molar-refractivity contribution in [3.63, 3.8) is 0 Å². The third-order valence-corrected chi connectivity index (χ3v) is 7.29. The van der Waals surface area contributed by atoms with Gasteiger partial charge in [-0.3, -0.25) is 0 Å². The second kappa shape index (κ2) is 13.5. The Hall–Kier alpha value is -5.10. The summed E-state index contributed by atoms with van der Waals surface area (Å²) in [4.78, 5) is 7.12. The van der Waals surface area contributed by atoms with Crippen LogP contribution in [-0.4, -0.2) is 49.8 Å². The molecule has 0 aliphatic rings. The summed E-state index contributed by atoms with van der Waals surface area (Å²) in [6, 6.07) is 37.1. The predicted molar refractivity (Wildman–Crippen MR) is 173 cm³/mol. The Balaban J connectivity index is 1.56. The summed E-state index contributed by atoms with van der Waals surface area (Å²) in [6.45, 7) is 1.39. The van der Waals surface area contributed by atoms with Gasteiger partial charge in [0.05, 0.1) is 26.3 Å². The average molecular weight is 557 g/mol. The van der Waals surface area contributed by atoms with E-state index in [0.717, 1.165) is 63.8 Å². The molecule has 0 saturated heterocycles. The van der Waals surface area contributed by atoms with Gasteiger partial charge in [0.25, 0.3) is 0 Å². The van der Waals surface area contributed by atoms with E-state index in [1.807, 2.05) is 55.9 Å². The van der Waals surface area contributed by atoms with Gasteiger partial charge in [-0.25, -0.2) is 4.99 Å². The maximum Gasteiger partial charge on any atom is 0.160 e. The largest absolute Gasteiger partial charge is 0.493 e. The van der Waals surface area contributed by atoms with E-state index in [4.69, 9.17) is 19.9 Å². The Kier molecular flexibility index (Phi) is 9.14. The van der Waals surface area contributed by atoms with Gasteiger partial charge in [0.15, 0.2) is 11.5 Å². The molecule has 0 aliphatic carbocycles. The van der Waals surface area contributed by atoms with Gasteiger partial charge >= 0.3 is 0 Å². The molecular formula is C36H36N4O2. The average Bonchev–Trinajstić information content (AvgIpc) is 3.36. The van der Waals surface area contributed by atoms with E-state index in [-0.39, 0.29) is 0 Å². The first-order valence-corrected chi connectivity index (χ1v) is 14.0. The van der Waals surface area contributed by atoms with Crippen molar-refractivity contribution in [1.82, 2.24) is 9.47 Å². The van der Waals surface area contributed by atoms with Gasteiger partial charge in [0, 0.05) is 37.5 Å². The standard InChI is InChI=1S/C36H36N4O2/c1-39(22-21-27-19-20-32(41-2)33(23-27)42-3)26-38-36-31(24-37)34(29-15-9-5-10-16-29)35(30-17-11-6-12-18-30)40(36)25-28-13-7-4-8-14-28/h4-20,23-24,26,37H,21-22,25H2,1-3H3. The molecule has 0 fully saturated rings. The monoisotopic (exact) mass is 556 g/mol. The number of hydrogen-bond donors (Lipinski definition) is 1. The molecule has 0 saturated carbocycles. The maximum absolute atomic E-state index is 8.53. The highest BCUT2D eigenvalue weighted by atomic mass is 16.5. The number of benzene rings is 4. The lowest BCUT2D eigenvalue weighted by atomic mass is 9.98. The normalized spacial score (nSPS) is 11.0. The molecule has 0 bridgehead atoms. The third-order valence-electron chi connectivity index (χ3n) is 7.29. The van der Waals surface area contributed by atoms with Crippen molar-refractivity contribution >= 4 is 18.4 Å². The van der Waals surface area contributed by atoms with E-state index >= 15 is 0 Å². The van der Waals surface area contributed by atoms with E-state index in [2.05, 4.69) is 76.2 Å². The van der Waals surface area contributed by atoms with Crippen LogP contribution in [0.2, 0.25) is 0 Å². The minimum atomic E-state index is 0.626. The molecular weight excluding hydrogens is 520 g/mol. The van der Waals surface area contributed by atoms with Crippen molar-refractivity contribution in [3.8, 4) is 33.9 Å². The van der Waals surface area contributed by atoms with Crippen LogP contribution in [0, 0.1) is 5.41 Å². The molecule has 0 amide bonds. The summed E-state index contributed by atoms with van der Waals surface area (Å²) < 4.78 is 13.1. The predicted octanol–water partition coefficient (Wildman–Crippen LogP) is 7.72. The number of aromatic nitrogens is 1. The van der Waals surface area contributed by atoms with E-state index in [1.165, 1.54) is 11.8 Å². The minimum absolute atomic E-state index is 0.626. The van der Waals surface area contributed by atoms with Crippen LogP contribution in [-0.2, 0) is 13.0 Å². The zero-order valence-corrected chi connectivity index (χ0v) is 24.3. The molecule has 0 aliphatic heterocycles. The Morgan fingerprint density at radius 1 is 0.762 bits per heavy atom. The molecule has 5 aromatic rings. The topological polar surface area (TPSA) is 62.8 Å². The Labute approximate surface area is 248 Å². The molecule has 42 heavy (non-hydrogen) atoms. The Bertz CT molecular complexity index is 1640. The lowest BCUT2D eigenvalue weighted by Gasteiger charge is -2.16. The van der Waals surface area contributed by atoms with Crippen LogP contribution in [0.1, 0.15) is 16.7 Å². The summed E-state index contributed by atoms with van der Waals surface area (Å²) in [5, 5.41) is 8.53. The summed E-state index contributed by atoms with van der Waals surface area (Å²) in [6.07, 6.45) is 4.12. The van der Waals surface area contributed by atoms with Gasteiger partial charge in [-0.2, -0.15) is 0 Å². The summed E-state index contributed by atoms with van der Waals surface area (Å²) in [5.74, 6) is 2.20. The second-order valence-electron chi connectivity index (χ2n) is 10.1. The fourth-order valence-corrected chi connectivity index (χ4v) is 5.17. The lowest BCUT2D eigenvalue weighted by Crippen LogP contribution is -2.19. The molecule has 1 aromatic heterocycles. The van der Waals surface area contributed by atoms with Crippen LogP contribution in [0.3, 0.4) is 0 Å². The molecule has 212 valence electrons. The van der Waals surface area contributed by atoms with Gasteiger partial charge in [-0.1, -0.05) is 97.1 Å². The first-order chi connectivity index (χ1) is 20.6. The second-order valence-corrected chi connectivity index (χ2v) is 10.1. The first kappa shape index (κ1) is 28.4. The van der Waals surface area contributed by atoms with E-state index < -0.39 is 0 Å². The van der Waals surface area contributed by atoms with Crippen LogP contribution >= 0.6 is 0 Å². The fraction of sp³-hybridized carbons (Fsp3) is 0.167. The molecule has 0 spiro atoms. The van der Waals surface area contributed by atoms with Crippen LogP contribution < -0.4 is 9.47 Å². The van der Waals surface area contributed by atoms with Crippen LogP contribution in [0.15, 0.2) is 114 Å². The SMILES string of the molecule is COc1ccc(CCN(C)C=Nc2c(C=N)c(-c3ccccc3)c(-c3ccccc3)n2Cc2ccccc2)cc1OC. The molecule has 1 heterocycles. The Morgan fingerprint density at radius 2 is 1.38 bits per heavy atom. The van der Waals surface area contributed by atoms with Crippen LogP contribution in [0.4, 0.5) is 5.82 Å². The zero-order chi connectivity index (χ0) is 29.3. The van der Waals surface area contributed by atoms with Crippen molar-refractivity contribution in [2.45, 2.75) is 13.0 Å². The quantitative estimate of drug-likeness (QED) is 0.126. The van der Waals surface area contributed by atoms with Crippen molar-refractivity contribution in [1.29, 1.82) is 5.41 Å². The maximum atomic E-state index is 8.53. The molecule has 1 N–H and O–H groups in total. The number of rotatable bonds is 12. The molecule has 0 radical (unpaired) electrons. The Morgan fingerprint density at radius 3 is 2.00 bits per heavy atom. The molecule has 4 aromatic carbocycles. The highest BCUT2D eigenvalue weighted by Crippen LogP contribution is 2.42. The van der Waals surface area contributed by atoms with Crippen molar-refractivity contribution in [3.05, 3.63) is 126 Å². The minimum Gasteiger partial charge on any atom is -0.493 e. The molecule has 6 nitrogen and oxygen atoms in total. The van der Waals surface area contributed by atoms with Gasteiger partial charge in [-0.15, -0.1) is 0 Å². The van der Waals surface area contributed by atoms with Crippen molar-refractivity contribution in [2.75, 3.05) is 27.8 Å². The summed E-state index contributed by atoms with van der Waals surface area (Å²) in [5.41, 5.74) is 7.30. The molecule has 5 rings (SSSR count). The first-order valence-electron chi connectivity index (χ1n) is 14.0. The number of methoxy groups -OCH3 is 2. The fourth-order valence-electron chi connectivity index (χ4n) is 5.17. The third kappa shape index (κ3) is 6.28. The van der Waals surface area contributed by atoms with E-state index in [9.17, 15) is 0 Å². The summed E-state index contributed by atoms with van der Waals surface area (Å²) in [7, 11) is 5.32. The van der Waals surface area contributed by atoms with Crippen molar-refractivity contribution in [2.24, 2.45) is 4.99 Å². The van der Waals surface area contributed by atoms with Gasteiger partial charge in [0.1, 0.15) is 5.82 Å². The molecule has 6 heteroatoms. The van der Waals surface area contributed by atoms with Crippen LogP contribution in [0.5, 0.6) is 11.5 Å². The lowest BCUT2D eigenvalue weighted by molar-refractivity contribution is 0.354. The van der Waals surface area contributed by atoms with Gasteiger partial charge < -0.3 is 24.4 Å². The van der Waals surface area contributed by atoms with Crippen LogP contribution in [0.25, 0.3) is 22.4 Å². The van der Waals surface area contributed by atoms with Gasteiger partial charge in [0.2, 0.25) is 0 Å². The molecule has 0 unspecified atom stereocenters. The number of likely N-dealkylation sites (N-methyl/N-ethyl adjacent to an activating group) is 1. The number of hydrogen-bond acceptors (Lipinski definition) is 4. The number of ether oxygens (including phenoxy) is 2. The highest BCUT2D eigenvalue weighted by molar-refractivity contribution is 6.02. The van der Waals surface area contributed by atoms with E-state index in [0.29, 0.717) is 6.54 Å². The zero-order valence-electron chi connectivity index (χ0n) is 24.3. The van der Waals surface area contributed by atoms with Crippen molar-refractivity contribution < 1.29 is 9.47 Å². The summed E-state index contributed by atoms with van der Waals surface area (Å²) >= 11 is 0. The number of nitrogens with zero attached hydrogens (tertiary/aromatic N) is 3. The highest BCUT2D eigenvalue weighted by Gasteiger charge is 2.24.